The number of amides is 1. The molecule has 170 valence electrons. The van der Waals surface area contributed by atoms with Crippen molar-refractivity contribution < 1.29 is 4.79 Å². The predicted molar refractivity (Wildman–Crippen MR) is 126 cm³/mol. The molecule has 0 unspecified atom stereocenters. The van der Waals surface area contributed by atoms with Crippen LogP contribution in [-0.2, 0) is 13.0 Å². The first-order valence-electron chi connectivity index (χ1n) is 11.4. The van der Waals surface area contributed by atoms with Gasteiger partial charge in [0, 0.05) is 48.8 Å². The van der Waals surface area contributed by atoms with E-state index in [2.05, 4.69) is 26.2 Å². The maximum Gasteiger partial charge on any atom is 0.263 e. The molecule has 0 saturated carbocycles. The molecule has 8 nitrogen and oxygen atoms in total. The lowest BCUT2D eigenvalue weighted by atomic mass is 9.95. The summed E-state index contributed by atoms with van der Waals surface area (Å²) >= 11 is 0. The van der Waals surface area contributed by atoms with Crippen LogP contribution in [0.15, 0.2) is 47.5 Å². The third kappa shape index (κ3) is 4.08. The lowest BCUT2D eigenvalue weighted by Crippen LogP contribution is -2.41. The predicted octanol–water partition coefficient (Wildman–Crippen LogP) is 3.33. The van der Waals surface area contributed by atoms with Crippen LogP contribution in [0.2, 0.25) is 0 Å². The molecule has 1 amide bonds. The van der Waals surface area contributed by atoms with Crippen molar-refractivity contribution in [1.29, 1.82) is 0 Å². The number of nitrogens with zero attached hydrogens (tertiary/aromatic N) is 4. The van der Waals surface area contributed by atoms with Crippen molar-refractivity contribution in [1.82, 2.24) is 29.6 Å². The fourth-order valence-corrected chi connectivity index (χ4v) is 4.72. The van der Waals surface area contributed by atoms with Gasteiger partial charge in [-0.1, -0.05) is 18.2 Å². The Labute approximate surface area is 191 Å². The van der Waals surface area contributed by atoms with Crippen LogP contribution in [0.1, 0.15) is 51.9 Å². The highest BCUT2D eigenvalue weighted by molar-refractivity contribution is 5.95. The number of pyridine rings is 1. The smallest absolute Gasteiger partial charge is 0.263 e. The number of fused-ring (bicyclic) bond motifs is 1. The zero-order valence-electron chi connectivity index (χ0n) is 19.0. The van der Waals surface area contributed by atoms with E-state index < -0.39 is 0 Å². The number of likely N-dealkylation sites (tertiary alicyclic amines) is 1. The summed E-state index contributed by atoms with van der Waals surface area (Å²) < 4.78 is 1.66. The van der Waals surface area contributed by atoms with Gasteiger partial charge in [0.15, 0.2) is 5.82 Å². The number of hydrogen-bond acceptors (Lipinski definition) is 4. The Bertz CT molecular complexity index is 1360. The van der Waals surface area contributed by atoms with E-state index in [0.717, 1.165) is 41.1 Å². The number of carbonyl (C=O) groups excluding carboxylic acids is 1. The topological polar surface area (TPSA) is 99.7 Å². The molecule has 0 radical (unpaired) electrons. The number of piperidine rings is 1. The number of aromatic amines is 2. The second-order valence-corrected chi connectivity index (χ2v) is 8.83. The number of H-pyrrole nitrogens is 2. The van der Waals surface area contributed by atoms with Gasteiger partial charge in [0.25, 0.3) is 11.5 Å². The third-order valence-corrected chi connectivity index (χ3v) is 6.65. The van der Waals surface area contributed by atoms with Gasteiger partial charge in [-0.05, 0) is 56.4 Å². The van der Waals surface area contributed by atoms with Crippen molar-refractivity contribution in [2.24, 2.45) is 0 Å². The van der Waals surface area contributed by atoms with E-state index in [0.29, 0.717) is 26.1 Å². The lowest BCUT2D eigenvalue weighted by molar-refractivity contribution is 0.0708. The summed E-state index contributed by atoms with van der Waals surface area (Å²) in [6.07, 6.45) is 6.09. The number of para-hydroxylation sites is 1. The minimum absolute atomic E-state index is 0.177. The number of hydrogen-bond donors (Lipinski definition) is 2. The minimum atomic E-state index is -0.216. The lowest BCUT2D eigenvalue weighted by Gasteiger charge is -2.31. The minimum Gasteiger partial charge on any atom is -0.361 e. The summed E-state index contributed by atoms with van der Waals surface area (Å²) in [6, 6.07) is 10.0. The van der Waals surface area contributed by atoms with Gasteiger partial charge in [0.2, 0.25) is 0 Å². The average molecular weight is 445 g/mol. The summed E-state index contributed by atoms with van der Waals surface area (Å²) in [5.41, 5.74) is 3.04. The molecule has 0 atom stereocenters. The van der Waals surface area contributed by atoms with E-state index >= 15 is 0 Å². The molecule has 0 aliphatic carbocycles. The van der Waals surface area contributed by atoms with E-state index in [1.807, 2.05) is 44.3 Å². The molecule has 5 rings (SSSR count). The number of aromatic nitrogens is 5. The number of aryl methyl sites for hydroxylation is 4. The quantitative estimate of drug-likeness (QED) is 0.493. The Balaban J connectivity index is 1.31. The Morgan fingerprint density at radius 1 is 1.15 bits per heavy atom. The zero-order chi connectivity index (χ0) is 22.9. The van der Waals surface area contributed by atoms with Crippen LogP contribution in [0, 0.1) is 13.8 Å². The number of nitrogens with one attached hydrogen (secondary N) is 2. The average Bonchev–Trinajstić information content (AvgIpc) is 3.45. The summed E-state index contributed by atoms with van der Waals surface area (Å²) in [4.78, 5) is 36.1. The van der Waals surface area contributed by atoms with Crippen LogP contribution in [0.5, 0.6) is 0 Å². The van der Waals surface area contributed by atoms with Crippen molar-refractivity contribution in [3.05, 3.63) is 81.4 Å². The molecule has 1 aliphatic rings. The summed E-state index contributed by atoms with van der Waals surface area (Å²) in [5.74, 6) is 1.68. The maximum atomic E-state index is 13.3. The molecular weight excluding hydrogens is 416 g/mol. The molecule has 1 aliphatic heterocycles. The van der Waals surface area contributed by atoms with Gasteiger partial charge in [-0.15, -0.1) is 0 Å². The molecule has 3 aromatic heterocycles. The van der Waals surface area contributed by atoms with Crippen molar-refractivity contribution >= 4 is 16.8 Å². The van der Waals surface area contributed by atoms with E-state index in [1.165, 1.54) is 5.39 Å². The van der Waals surface area contributed by atoms with E-state index in [4.69, 9.17) is 0 Å². The molecule has 0 spiro atoms. The maximum absolute atomic E-state index is 13.3. The molecule has 0 bridgehead atoms. The van der Waals surface area contributed by atoms with E-state index in [-0.39, 0.29) is 22.9 Å². The van der Waals surface area contributed by atoms with Crippen LogP contribution in [0.3, 0.4) is 0 Å². The van der Waals surface area contributed by atoms with Crippen molar-refractivity contribution in [3.8, 4) is 0 Å². The molecular formula is C25H28N6O2. The first-order chi connectivity index (χ1) is 16.0. The highest BCUT2D eigenvalue weighted by Gasteiger charge is 2.29. The molecule has 33 heavy (non-hydrogen) atoms. The standard InChI is InChI=1S/C25H28N6O2/c1-16-7-11-30(14-10-19-15-26-21-6-4-3-5-20(19)21)24(32)22(16)25(33)31-12-8-18(9-13-31)23-27-17(2)28-29-23/h3-7,11,15,18,26H,8-10,12-14H2,1-2H3,(H,27,28,29). The normalized spacial score (nSPS) is 14.8. The van der Waals surface area contributed by atoms with Gasteiger partial charge < -0.3 is 14.5 Å². The van der Waals surface area contributed by atoms with Crippen LogP contribution in [-0.4, -0.2) is 48.6 Å². The van der Waals surface area contributed by atoms with Gasteiger partial charge in [-0.25, -0.2) is 4.98 Å². The van der Waals surface area contributed by atoms with Gasteiger partial charge >= 0.3 is 0 Å². The first kappa shape index (κ1) is 21.2. The molecule has 1 fully saturated rings. The zero-order valence-corrected chi connectivity index (χ0v) is 19.0. The highest BCUT2D eigenvalue weighted by atomic mass is 16.2. The van der Waals surface area contributed by atoms with E-state index in [9.17, 15) is 9.59 Å². The van der Waals surface area contributed by atoms with Crippen molar-refractivity contribution in [2.75, 3.05) is 13.1 Å². The van der Waals surface area contributed by atoms with Crippen LogP contribution < -0.4 is 5.56 Å². The highest BCUT2D eigenvalue weighted by Crippen LogP contribution is 2.26. The Hall–Kier alpha value is -3.68. The van der Waals surface area contributed by atoms with Crippen LogP contribution >= 0.6 is 0 Å². The Kier molecular flexibility index (Phi) is 5.58. The largest absolute Gasteiger partial charge is 0.361 e. The number of carbonyl (C=O) groups is 1. The summed E-state index contributed by atoms with van der Waals surface area (Å²) in [7, 11) is 0. The molecule has 1 saturated heterocycles. The van der Waals surface area contributed by atoms with Crippen molar-refractivity contribution in [3.63, 3.8) is 0 Å². The Morgan fingerprint density at radius 3 is 2.70 bits per heavy atom. The molecule has 4 aromatic rings. The fourth-order valence-electron chi connectivity index (χ4n) is 4.72. The second kappa shape index (κ2) is 8.69. The van der Waals surface area contributed by atoms with E-state index in [1.54, 1.807) is 15.7 Å². The second-order valence-electron chi connectivity index (χ2n) is 8.83. The first-order valence-corrected chi connectivity index (χ1v) is 11.4. The third-order valence-electron chi connectivity index (χ3n) is 6.65. The van der Waals surface area contributed by atoms with Crippen LogP contribution in [0.4, 0.5) is 0 Å². The molecule has 8 heteroatoms. The van der Waals surface area contributed by atoms with Gasteiger partial charge in [0.05, 0.1) is 0 Å². The SMILES string of the molecule is Cc1nc(C2CCN(C(=O)c3c(C)ccn(CCc4c[nH]c5ccccc45)c3=O)CC2)n[nH]1. The van der Waals surface area contributed by atoms with Crippen molar-refractivity contribution in [2.45, 2.75) is 45.6 Å². The Morgan fingerprint density at radius 2 is 1.94 bits per heavy atom. The van der Waals surface area contributed by atoms with Gasteiger partial charge in [0.1, 0.15) is 11.4 Å². The fraction of sp³-hybridized carbons (Fsp3) is 0.360. The molecule has 2 N–H and O–H groups in total. The monoisotopic (exact) mass is 444 g/mol. The number of rotatable bonds is 5. The van der Waals surface area contributed by atoms with Crippen LogP contribution in [0.25, 0.3) is 10.9 Å². The molecule has 4 heterocycles. The van der Waals surface area contributed by atoms with Gasteiger partial charge in [-0.2, -0.15) is 5.10 Å². The molecule has 1 aromatic carbocycles. The van der Waals surface area contributed by atoms with Gasteiger partial charge in [-0.3, -0.25) is 14.7 Å². The number of benzene rings is 1. The summed E-state index contributed by atoms with van der Waals surface area (Å²) in [6.45, 7) is 5.44. The summed E-state index contributed by atoms with van der Waals surface area (Å²) in [5, 5.41) is 8.33.